The molecule has 0 unspecified atom stereocenters. The van der Waals surface area contributed by atoms with Gasteiger partial charge < -0.3 is 11.1 Å². The molecule has 0 saturated heterocycles. The highest BCUT2D eigenvalue weighted by Crippen LogP contribution is 2.13. The third kappa shape index (κ3) is 4.40. The molecule has 0 atom stereocenters. The Morgan fingerprint density at radius 1 is 0.958 bits per heavy atom. The zero-order valence-electron chi connectivity index (χ0n) is 12.8. The molecule has 124 valence electrons. The van der Waals surface area contributed by atoms with Crippen LogP contribution in [-0.2, 0) is 0 Å². The number of benzene rings is 2. The summed E-state index contributed by atoms with van der Waals surface area (Å²) in [5, 5.41) is 12.5. The van der Waals surface area contributed by atoms with E-state index in [0.717, 1.165) is 0 Å². The zero-order chi connectivity index (χ0) is 17.5. The van der Waals surface area contributed by atoms with Gasteiger partial charge in [-0.15, -0.1) is 0 Å². The van der Waals surface area contributed by atoms with Gasteiger partial charge in [0.25, 0.3) is 5.91 Å². The Kier molecular flexibility index (Phi) is 5.64. The highest BCUT2D eigenvalue weighted by molar-refractivity contribution is 6.10. The molecular formula is C17H17N3O4. The van der Waals surface area contributed by atoms with Gasteiger partial charge in [0.2, 0.25) is 0 Å². The predicted octanol–water partition coefficient (Wildman–Crippen LogP) is 1.42. The van der Waals surface area contributed by atoms with Crippen LogP contribution in [0, 0.1) is 0 Å². The lowest BCUT2D eigenvalue weighted by Gasteiger charge is -2.15. The van der Waals surface area contributed by atoms with Crippen molar-refractivity contribution in [3.05, 3.63) is 71.3 Å². The fraction of sp³-hybridized carbons (Fsp3) is 0.118. The molecule has 0 bridgehead atoms. The maximum atomic E-state index is 12.4. The number of hydrogen-bond acceptors (Lipinski definition) is 4. The number of urea groups is 1. The molecule has 24 heavy (non-hydrogen) atoms. The second-order valence-corrected chi connectivity index (χ2v) is 5.00. The largest absolute Gasteiger partial charge is 0.352 e. The Balaban J connectivity index is 2.10. The number of ketones is 1. The van der Waals surface area contributed by atoms with E-state index in [9.17, 15) is 19.6 Å². The normalized spacial score (nSPS) is 10.0. The molecule has 2 aromatic carbocycles. The first-order chi connectivity index (χ1) is 11.5. The van der Waals surface area contributed by atoms with E-state index < -0.39 is 11.9 Å². The minimum atomic E-state index is -0.744. The van der Waals surface area contributed by atoms with E-state index in [1.165, 1.54) is 12.1 Å². The molecule has 7 nitrogen and oxygen atoms in total. The van der Waals surface area contributed by atoms with Crippen LogP contribution in [0.2, 0.25) is 0 Å². The molecule has 0 fully saturated rings. The molecule has 2 aromatic rings. The van der Waals surface area contributed by atoms with Crippen LogP contribution in [0.15, 0.2) is 54.6 Å². The molecule has 0 spiro atoms. The summed E-state index contributed by atoms with van der Waals surface area (Å²) in [6.07, 6.45) is 0. The fourth-order valence-electron chi connectivity index (χ4n) is 2.09. The van der Waals surface area contributed by atoms with Crippen LogP contribution in [-0.4, -0.2) is 41.1 Å². The molecule has 0 radical (unpaired) electrons. The second-order valence-electron chi connectivity index (χ2n) is 5.00. The van der Waals surface area contributed by atoms with E-state index in [1.54, 1.807) is 42.5 Å². The van der Waals surface area contributed by atoms with Crippen molar-refractivity contribution in [2.24, 2.45) is 5.73 Å². The molecular weight excluding hydrogens is 310 g/mol. The molecule has 0 aliphatic heterocycles. The summed E-state index contributed by atoms with van der Waals surface area (Å²) in [6, 6.07) is 14.0. The number of amides is 3. The number of carbonyl (C=O) groups is 3. The fourth-order valence-corrected chi connectivity index (χ4v) is 2.09. The Labute approximate surface area is 138 Å². The van der Waals surface area contributed by atoms with Crippen molar-refractivity contribution in [2.45, 2.75) is 0 Å². The molecule has 3 amide bonds. The summed E-state index contributed by atoms with van der Waals surface area (Å²) in [7, 11) is 0. The van der Waals surface area contributed by atoms with Crippen molar-refractivity contribution in [3.8, 4) is 0 Å². The first kappa shape index (κ1) is 17.2. The Bertz CT molecular complexity index is 747. The van der Waals surface area contributed by atoms with Gasteiger partial charge in [0.05, 0.1) is 6.54 Å². The van der Waals surface area contributed by atoms with Gasteiger partial charge in [0, 0.05) is 23.2 Å². The minimum absolute atomic E-state index is 0.0141. The first-order valence-electron chi connectivity index (χ1n) is 7.23. The summed E-state index contributed by atoms with van der Waals surface area (Å²) >= 11 is 0. The standard InChI is InChI=1S/C17H17N3O4/c18-17(23)19-9-10-20(24)16(22)14-8-4-7-13(11-14)15(21)12-5-2-1-3-6-12/h1-8,11,24H,9-10H2,(H3,18,19,23). The zero-order valence-corrected chi connectivity index (χ0v) is 12.8. The summed E-state index contributed by atoms with van der Waals surface area (Å²) in [4.78, 5) is 35.1. The van der Waals surface area contributed by atoms with Crippen LogP contribution in [0.3, 0.4) is 0 Å². The van der Waals surface area contributed by atoms with Crippen LogP contribution in [0.5, 0.6) is 0 Å². The Morgan fingerprint density at radius 2 is 1.58 bits per heavy atom. The van der Waals surface area contributed by atoms with Gasteiger partial charge >= 0.3 is 6.03 Å². The van der Waals surface area contributed by atoms with Gasteiger partial charge in [-0.1, -0.05) is 42.5 Å². The van der Waals surface area contributed by atoms with Crippen molar-refractivity contribution in [1.82, 2.24) is 10.4 Å². The van der Waals surface area contributed by atoms with Crippen molar-refractivity contribution in [3.63, 3.8) is 0 Å². The highest BCUT2D eigenvalue weighted by atomic mass is 16.5. The Hall–Kier alpha value is -3.19. The third-order valence-corrected chi connectivity index (χ3v) is 3.26. The van der Waals surface area contributed by atoms with Crippen LogP contribution >= 0.6 is 0 Å². The summed E-state index contributed by atoms with van der Waals surface area (Å²) in [5.74, 6) is -0.894. The topological polar surface area (TPSA) is 113 Å². The van der Waals surface area contributed by atoms with E-state index in [0.29, 0.717) is 16.2 Å². The minimum Gasteiger partial charge on any atom is -0.352 e. The number of rotatable bonds is 6. The lowest BCUT2D eigenvalue weighted by molar-refractivity contribution is -0.0564. The summed E-state index contributed by atoms with van der Waals surface area (Å²) in [5.41, 5.74) is 5.92. The SMILES string of the molecule is NC(=O)NCCN(O)C(=O)c1cccc(C(=O)c2ccccc2)c1. The molecule has 0 aliphatic carbocycles. The predicted molar refractivity (Wildman–Crippen MR) is 86.7 cm³/mol. The van der Waals surface area contributed by atoms with E-state index in [4.69, 9.17) is 5.73 Å². The molecule has 0 aliphatic rings. The van der Waals surface area contributed by atoms with Crippen LogP contribution < -0.4 is 11.1 Å². The van der Waals surface area contributed by atoms with E-state index in [1.807, 2.05) is 0 Å². The van der Waals surface area contributed by atoms with E-state index >= 15 is 0 Å². The van der Waals surface area contributed by atoms with Crippen LogP contribution in [0.1, 0.15) is 26.3 Å². The average molecular weight is 327 g/mol. The van der Waals surface area contributed by atoms with Gasteiger partial charge in [-0.3, -0.25) is 14.8 Å². The molecule has 0 heterocycles. The summed E-state index contributed by atoms with van der Waals surface area (Å²) in [6.45, 7) is -0.112. The number of nitrogens with one attached hydrogen (secondary N) is 1. The maximum Gasteiger partial charge on any atom is 0.312 e. The van der Waals surface area contributed by atoms with Crippen LogP contribution in [0.25, 0.3) is 0 Å². The number of hydrogen-bond donors (Lipinski definition) is 3. The van der Waals surface area contributed by atoms with Gasteiger partial charge in [-0.25, -0.2) is 9.86 Å². The van der Waals surface area contributed by atoms with Gasteiger partial charge in [0.15, 0.2) is 5.78 Å². The first-order valence-corrected chi connectivity index (χ1v) is 7.23. The number of primary amides is 1. The number of carbonyl (C=O) groups excluding carboxylic acids is 3. The Morgan fingerprint density at radius 3 is 2.25 bits per heavy atom. The average Bonchev–Trinajstić information content (AvgIpc) is 2.61. The number of nitrogens with two attached hydrogens (primary N) is 1. The van der Waals surface area contributed by atoms with Crippen molar-refractivity contribution in [2.75, 3.05) is 13.1 Å². The van der Waals surface area contributed by atoms with E-state index in [-0.39, 0.29) is 24.4 Å². The molecule has 0 aromatic heterocycles. The van der Waals surface area contributed by atoms with Gasteiger partial charge in [-0.2, -0.15) is 0 Å². The lowest BCUT2D eigenvalue weighted by Crippen LogP contribution is -2.38. The van der Waals surface area contributed by atoms with Crippen molar-refractivity contribution in [1.29, 1.82) is 0 Å². The molecule has 0 saturated carbocycles. The monoisotopic (exact) mass is 327 g/mol. The lowest BCUT2D eigenvalue weighted by atomic mass is 10.0. The van der Waals surface area contributed by atoms with Gasteiger partial charge in [0.1, 0.15) is 0 Å². The number of nitrogens with zero attached hydrogens (tertiary/aromatic N) is 1. The number of hydroxylamine groups is 2. The molecule has 7 heteroatoms. The van der Waals surface area contributed by atoms with E-state index in [2.05, 4.69) is 5.32 Å². The third-order valence-electron chi connectivity index (χ3n) is 3.26. The maximum absolute atomic E-state index is 12.4. The smallest absolute Gasteiger partial charge is 0.312 e. The van der Waals surface area contributed by atoms with Crippen LogP contribution in [0.4, 0.5) is 4.79 Å². The quantitative estimate of drug-likeness (QED) is 0.423. The molecule has 4 N–H and O–H groups in total. The summed E-state index contributed by atoms with van der Waals surface area (Å²) < 4.78 is 0. The second kappa shape index (κ2) is 7.89. The van der Waals surface area contributed by atoms with Gasteiger partial charge in [-0.05, 0) is 12.1 Å². The molecule has 2 rings (SSSR count). The van der Waals surface area contributed by atoms with Crippen molar-refractivity contribution >= 4 is 17.7 Å². The highest BCUT2D eigenvalue weighted by Gasteiger charge is 2.16. The van der Waals surface area contributed by atoms with Crippen molar-refractivity contribution < 1.29 is 19.6 Å².